The number of thiol groups is 1. The first-order chi connectivity index (χ1) is 7.27. The smallest absolute Gasteiger partial charge is 0.364 e. The van der Waals surface area contributed by atoms with Crippen molar-refractivity contribution in [3.8, 4) is 0 Å². The zero-order chi connectivity index (χ0) is 11.4. The lowest BCUT2D eigenvalue weighted by Gasteiger charge is -2.04. The molecule has 0 aliphatic heterocycles. The summed E-state index contributed by atoms with van der Waals surface area (Å²) in [5.74, 6) is 0. The van der Waals surface area contributed by atoms with Gasteiger partial charge in [0, 0.05) is 13.2 Å². The number of unbranched alkanes of at least 4 members (excludes halogenated alkanes) is 4. The van der Waals surface area contributed by atoms with Crippen molar-refractivity contribution >= 4 is 17.9 Å². The van der Waals surface area contributed by atoms with Gasteiger partial charge in [0.2, 0.25) is 0 Å². The molecule has 3 nitrogen and oxygen atoms in total. The van der Waals surface area contributed by atoms with Crippen LogP contribution in [0.25, 0.3) is 0 Å². The lowest BCUT2D eigenvalue weighted by molar-refractivity contribution is 0.118. The minimum absolute atomic E-state index is 0.446. The molecule has 90 valence electrons. The summed E-state index contributed by atoms with van der Waals surface area (Å²) in [5, 5.41) is -0.504. The molecule has 15 heavy (non-hydrogen) atoms. The van der Waals surface area contributed by atoms with Crippen LogP contribution in [0.5, 0.6) is 0 Å². The van der Waals surface area contributed by atoms with E-state index in [1.165, 1.54) is 19.3 Å². The summed E-state index contributed by atoms with van der Waals surface area (Å²) < 4.78 is 10.1. The highest BCUT2D eigenvalue weighted by molar-refractivity contribution is 7.96. The number of ether oxygens (including phenoxy) is 2. The molecule has 0 amide bonds. The van der Waals surface area contributed by atoms with Crippen LogP contribution < -0.4 is 0 Å². The second kappa shape index (κ2) is 11.9. The van der Waals surface area contributed by atoms with Gasteiger partial charge in [-0.1, -0.05) is 38.8 Å². The van der Waals surface area contributed by atoms with Gasteiger partial charge in [-0.3, -0.25) is 0 Å². The quantitative estimate of drug-likeness (QED) is 0.357. The normalized spacial score (nSPS) is 10.3. The van der Waals surface area contributed by atoms with Crippen molar-refractivity contribution in [2.24, 2.45) is 0 Å². The van der Waals surface area contributed by atoms with E-state index in [1.54, 1.807) is 0 Å². The van der Waals surface area contributed by atoms with Crippen LogP contribution in [0.1, 0.15) is 45.4 Å². The second-order valence-electron chi connectivity index (χ2n) is 3.49. The molecule has 0 aromatic carbocycles. The maximum Gasteiger partial charge on any atom is 0.364 e. The van der Waals surface area contributed by atoms with E-state index in [4.69, 9.17) is 4.74 Å². The van der Waals surface area contributed by atoms with Gasteiger partial charge in [0.05, 0.1) is 6.61 Å². The lowest BCUT2D eigenvalue weighted by Crippen LogP contribution is -2.01. The van der Waals surface area contributed by atoms with Crippen molar-refractivity contribution < 1.29 is 14.3 Å². The Morgan fingerprint density at radius 2 is 1.60 bits per heavy atom. The maximum absolute atomic E-state index is 10.3. The maximum atomic E-state index is 10.3. The van der Waals surface area contributed by atoms with Gasteiger partial charge in [0.15, 0.2) is 0 Å². The summed E-state index contributed by atoms with van der Waals surface area (Å²) >= 11 is 3.50. The van der Waals surface area contributed by atoms with Crippen LogP contribution in [0, 0.1) is 0 Å². The molecule has 0 atom stereocenters. The fourth-order valence-electron chi connectivity index (χ4n) is 1.20. The molecule has 0 N–H and O–H groups in total. The summed E-state index contributed by atoms with van der Waals surface area (Å²) in [6.07, 6.45) is 6.75. The number of carbonyl (C=O) groups excluding carboxylic acids is 1. The number of hydrogen-bond acceptors (Lipinski definition) is 3. The topological polar surface area (TPSA) is 35.5 Å². The predicted octanol–water partition coefficient (Wildman–Crippen LogP) is 3.43. The highest BCUT2D eigenvalue weighted by atomic mass is 32.1. The number of carbonyl (C=O) groups is 1. The minimum Gasteiger partial charge on any atom is -0.458 e. The van der Waals surface area contributed by atoms with Gasteiger partial charge >= 0.3 is 5.30 Å². The third-order valence-corrected chi connectivity index (χ3v) is 2.18. The fraction of sp³-hybridized carbons (Fsp3) is 0.909. The van der Waals surface area contributed by atoms with Crippen LogP contribution in [0.4, 0.5) is 4.79 Å². The van der Waals surface area contributed by atoms with Gasteiger partial charge in [0.1, 0.15) is 0 Å². The van der Waals surface area contributed by atoms with E-state index in [1.807, 2.05) is 0 Å². The Morgan fingerprint density at radius 3 is 2.20 bits per heavy atom. The molecule has 0 rings (SSSR count). The van der Waals surface area contributed by atoms with Gasteiger partial charge in [-0.15, -0.1) is 0 Å². The highest BCUT2D eigenvalue weighted by Crippen LogP contribution is 2.00. The molecular weight excluding hydrogens is 212 g/mol. The molecule has 0 heterocycles. The fourth-order valence-corrected chi connectivity index (χ4v) is 1.29. The van der Waals surface area contributed by atoms with Crippen molar-refractivity contribution in [2.75, 3.05) is 19.8 Å². The van der Waals surface area contributed by atoms with Crippen molar-refractivity contribution in [2.45, 2.75) is 45.4 Å². The van der Waals surface area contributed by atoms with E-state index in [-0.39, 0.29) is 0 Å². The van der Waals surface area contributed by atoms with Crippen LogP contribution in [0.3, 0.4) is 0 Å². The minimum atomic E-state index is -0.504. The summed E-state index contributed by atoms with van der Waals surface area (Å²) in [6, 6.07) is 0. The van der Waals surface area contributed by atoms with E-state index < -0.39 is 5.30 Å². The van der Waals surface area contributed by atoms with Gasteiger partial charge in [-0.2, -0.15) is 0 Å². The SMILES string of the molecule is CCCCCCOCCCCOC(=O)S. The third kappa shape index (κ3) is 13.8. The molecule has 0 radical (unpaired) electrons. The average molecular weight is 234 g/mol. The monoisotopic (exact) mass is 234 g/mol. The third-order valence-electron chi connectivity index (χ3n) is 2.05. The van der Waals surface area contributed by atoms with Crippen LogP contribution in [0.2, 0.25) is 0 Å². The zero-order valence-corrected chi connectivity index (χ0v) is 10.4. The average Bonchev–Trinajstić information content (AvgIpc) is 2.20. The Morgan fingerprint density at radius 1 is 1.00 bits per heavy atom. The molecule has 0 aliphatic carbocycles. The van der Waals surface area contributed by atoms with Crippen LogP contribution in [-0.2, 0) is 9.47 Å². The van der Waals surface area contributed by atoms with Gasteiger partial charge in [-0.05, 0) is 19.3 Å². The molecule has 0 saturated carbocycles. The largest absolute Gasteiger partial charge is 0.458 e. The highest BCUT2D eigenvalue weighted by Gasteiger charge is 1.94. The molecule has 0 aromatic rings. The van der Waals surface area contributed by atoms with Crippen LogP contribution in [0.15, 0.2) is 0 Å². The number of rotatable bonds is 10. The Balaban J connectivity index is 2.89. The molecule has 0 aromatic heterocycles. The molecule has 0 aliphatic rings. The van der Waals surface area contributed by atoms with Gasteiger partial charge in [0.25, 0.3) is 0 Å². The predicted molar refractivity (Wildman–Crippen MR) is 64.5 cm³/mol. The molecule has 4 heteroatoms. The lowest BCUT2D eigenvalue weighted by atomic mass is 10.2. The van der Waals surface area contributed by atoms with Crippen molar-refractivity contribution in [1.29, 1.82) is 0 Å². The standard InChI is InChI=1S/C11H22O3S/c1-2-3-4-5-8-13-9-6-7-10-14-11(12)15/h2-10H2,1H3,(H,12,15). The van der Waals surface area contributed by atoms with E-state index in [0.29, 0.717) is 6.61 Å². The first-order valence-electron chi connectivity index (χ1n) is 5.70. The summed E-state index contributed by atoms with van der Waals surface area (Å²) in [4.78, 5) is 10.3. The first kappa shape index (κ1) is 14.8. The molecule has 0 saturated heterocycles. The Hall–Kier alpha value is -0.220. The molecule has 0 spiro atoms. The summed E-state index contributed by atoms with van der Waals surface area (Å²) in [7, 11) is 0. The zero-order valence-electron chi connectivity index (χ0n) is 9.54. The Kier molecular flexibility index (Phi) is 11.7. The second-order valence-corrected chi connectivity index (χ2v) is 3.86. The van der Waals surface area contributed by atoms with E-state index in [2.05, 4.69) is 24.3 Å². The van der Waals surface area contributed by atoms with E-state index in [9.17, 15) is 4.79 Å². The van der Waals surface area contributed by atoms with Crippen molar-refractivity contribution in [1.82, 2.24) is 0 Å². The molecule has 0 unspecified atom stereocenters. The van der Waals surface area contributed by atoms with Crippen LogP contribution in [-0.4, -0.2) is 25.1 Å². The van der Waals surface area contributed by atoms with Crippen LogP contribution >= 0.6 is 12.6 Å². The Bertz CT molecular complexity index is 151. The molecule has 0 bridgehead atoms. The van der Waals surface area contributed by atoms with E-state index in [0.717, 1.165) is 32.5 Å². The Labute approximate surface area is 97.9 Å². The summed E-state index contributed by atoms with van der Waals surface area (Å²) in [5.41, 5.74) is 0. The van der Waals surface area contributed by atoms with Gasteiger partial charge < -0.3 is 9.47 Å². The van der Waals surface area contributed by atoms with Crippen molar-refractivity contribution in [3.63, 3.8) is 0 Å². The molecular formula is C11H22O3S. The first-order valence-corrected chi connectivity index (χ1v) is 6.15. The van der Waals surface area contributed by atoms with Crippen molar-refractivity contribution in [3.05, 3.63) is 0 Å². The van der Waals surface area contributed by atoms with E-state index >= 15 is 0 Å². The van der Waals surface area contributed by atoms with Gasteiger partial charge in [-0.25, -0.2) is 4.79 Å². The molecule has 0 fully saturated rings. The summed E-state index contributed by atoms with van der Waals surface area (Å²) in [6.45, 7) is 4.26. The number of hydrogen-bond donors (Lipinski definition) is 1.